The Morgan fingerprint density at radius 2 is 2.00 bits per heavy atom. The van der Waals surface area contributed by atoms with Crippen molar-refractivity contribution in [2.45, 2.75) is 0 Å². The highest BCUT2D eigenvalue weighted by atomic mass is 19.1. The number of esters is 1. The number of amides is 1. The van der Waals surface area contributed by atoms with E-state index in [-0.39, 0.29) is 42.7 Å². The molecule has 0 unspecified atom stereocenters. The van der Waals surface area contributed by atoms with Crippen LogP contribution in [-0.4, -0.2) is 48.7 Å². The molecule has 0 fully saturated rings. The van der Waals surface area contributed by atoms with Gasteiger partial charge in [-0.2, -0.15) is 0 Å². The maximum absolute atomic E-state index is 13.3. The van der Waals surface area contributed by atoms with E-state index in [1.807, 2.05) is 0 Å². The third-order valence-corrected chi connectivity index (χ3v) is 4.03. The van der Waals surface area contributed by atoms with Crippen LogP contribution < -0.4 is 5.32 Å². The number of aliphatic hydroxyl groups excluding tert-OH is 1. The van der Waals surface area contributed by atoms with Gasteiger partial charge in [0.05, 0.1) is 25.8 Å². The van der Waals surface area contributed by atoms with Crippen molar-refractivity contribution in [2.75, 3.05) is 32.1 Å². The molecule has 0 spiro atoms. The van der Waals surface area contributed by atoms with E-state index in [1.165, 1.54) is 24.1 Å². The lowest BCUT2D eigenvalue weighted by molar-refractivity contribution is -0.136. The Kier molecular flexibility index (Phi) is 4.67. The molecule has 2 N–H and O–H groups in total. The number of hydrogen-bond acceptors (Lipinski definition) is 5. The van der Waals surface area contributed by atoms with Crippen LogP contribution >= 0.6 is 0 Å². The number of nitrogens with one attached hydrogen (secondary N) is 1. The largest absolute Gasteiger partial charge is 0.466 e. The van der Waals surface area contributed by atoms with E-state index in [1.54, 1.807) is 24.3 Å². The topological polar surface area (TPSA) is 78.9 Å². The molecule has 130 valence electrons. The number of fused-ring (bicyclic) bond motifs is 1. The Morgan fingerprint density at radius 1 is 1.28 bits per heavy atom. The maximum Gasteiger partial charge on any atom is 0.337 e. The molecule has 2 aromatic carbocycles. The van der Waals surface area contributed by atoms with Crippen molar-refractivity contribution in [3.05, 3.63) is 53.5 Å². The molecule has 7 heteroatoms. The van der Waals surface area contributed by atoms with Crippen molar-refractivity contribution in [1.82, 2.24) is 4.90 Å². The molecule has 0 saturated carbocycles. The molecule has 2 aromatic rings. The monoisotopic (exact) mass is 344 g/mol. The molecule has 1 heterocycles. The van der Waals surface area contributed by atoms with Gasteiger partial charge < -0.3 is 20.1 Å². The normalized spacial score (nSPS) is 14.4. The van der Waals surface area contributed by atoms with Gasteiger partial charge >= 0.3 is 5.97 Å². The summed E-state index contributed by atoms with van der Waals surface area (Å²) in [6, 6.07) is 9.60. The molecular weight excluding hydrogens is 327 g/mol. The summed E-state index contributed by atoms with van der Waals surface area (Å²) >= 11 is 0. The van der Waals surface area contributed by atoms with Crippen molar-refractivity contribution >= 4 is 28.3 Å². The Morgan fingerprint density at radius 3 is 2.72 bits per heavy atom. The van der Waals surface area contributed by atoms with Gasteiger partial charge in [-0.05, 0) is 35.0 Å². The smallest absolute Gasteiger partial charge is 0.337 e. The first kappa shape index (κ1) is 16.9. The zero-order chi connectivity index (χ0) is 18.0. The Labute approximate surface area is 143 Å². The van der Waals surface area contributed by atoms with Crippen molar-refractivity contribution < 1.29 is 23.8 Å². The molecule has 1 aliphatic rings. The predicted octanol–water partition coefficient (Wildman–Crippen LogP) is 1.65. The molecule has 1 amide bonds. The highest BCUT2D eigenvalue weighted by molar-refractivity contribution is 6.08. The van der Waals surface area contributed by atoms with Gasteiger partial charge in [-0.25, -0.2) is 9.18 Å². The first-order valence-electron chi connectivity index (χ1n) is 7.71. The van der Waals surface area contributed by atoms with Crippen LogP contribution in [0.1, 0.15) is 0 Å². The van der Waals surface area contributed by atoms with Crippen molar-refractivity contribution in [3.63, 3.8) is 0 Å². The zero-order valence-corrected chi connectivity index (χ0v) is 13.6. The van der Waals surface area contributed by atoms with Crippen LogP contribution in [0.3, 0.4) is 0 Å². The van der Waals surface area contributed by atoms with Crippen LogP contribution in [0.25, 0.3) is 10.8 Å². The van der Waals surface area contributed by atoms with Gasteiger partial charge in [0, 0.05) is 12.2 Å². The quantitative estimate of drug-likeness (QED) is 0.807. The second-order valence-corrected chi connectivity index (χ2v) is 5.63. The Balaban J connectivity index is 1.94. The molecule has 3 rings (SSSR count). The molecular formula is C18H17FN2O4. The molecule has 6 nitrogen and oxygen atoms in total. The van der Waals surface area contributed by atoms with E-state index in [0.29, 0.717) is 5.69 Å². The summed E-state index contributed by atoms with van der Waals surface area (Å²) in [5.41, 5.74) is 0.927. The minimum absolute atomic E-state index is 0.0766. The Bertz CT molecular complexity index is 879. The van der Waals surface area contributed by atoms with E-state index in [0.717, 1.165) is 10.8 Å². The number of carbonyl (C=O) groups excluding carboxylic acids is 2. The highest BCUT2D eigenvalue weighted by Gasteiger charge is 2.34. The first-order valence-corrected chi connectivity index (χ1v) is 7.71. The van der Waals surface area contributed by atoms with E-state index in [9.17, 15) is 14.0 Å². The number of anilines is 1. The number of hydrogen-bond donors (Lipinski definition) is 2. The lowest BCUT2D eigenvalue weighted by Crippen LogP contribution is -2.31. The van der Waals surface area contributed by atoms with Gasteiger partial charge in [-0.1, -0.05) is 12.1 Å². The standard InChI is InChI=1S/C18H17FN2O4/c1-25-18(24)15-10-21(6-7-22)17(23)16(15)20-14-5-3-11-8-13(19)4-2-12(11)9-14/h2-5,8-9,20,22H,6-7,10H2,1H3. The van der Waals surface area contributed by atoms with Gasteiger partial charge in [-0.15, -0.1) is 0 Å². The van der Waals surface area contributed by atoms with Crippen LogP contribution in [0, 0.1) is 5.82 Å². The molecule has 0 aromatic heterocycles. The minimum Gasteiger partial charge on any atom is -0.466 e. The van der Waals surface area contributed by atoms with Crippen LogP contribution in [-0.2, 0) is 14.3 Å². The lowest BCUT2D eigenvalue weighted by Gasteiger charge is -2.15. The molecule has 25 heavy (non-hydrogen) atoms. The third kappa shape index (κ3) is 3.32. The van der Waals surface area contributed by atoms with Crippen LogP contribution in [0.15, 0.2) is 47.7 Å². The summed E-state index contributed by atoms with van der Waals surface area (Å²) in [7, 11) is 1.25. The predicted molar refractivity (Wildman–Crippen MR) is 90.2 cm³/mol. The Hall–Kier alpha value is -2.93. The van der Waals surface area contributed by atoms with Gasteiger partial charge in [0.15, 0.2) is 0 Å². The zero-order valence-electron chi connectivity index (χ0n) is 13.6. The van der Waals surface area contributed by atoms with Crippen LogP contribution in [0.2, 0.25) is 0 Å². The fourth-order valence-corrected chi connectivity index (χ4v) is 2.79. The molecule has 0 saturated heterocycles. The number of aliphatic hydroxyl groups is 1. The lowest BCUT2D eigenvalue weighted by atomic mass is 10.1. The van der Waals surface area contributed by atoms with Gasteiger partial charge in [0.25, 0.3) is 5.91 Å². The molecule has 0 aliphatic carbocycles. The number of β-amino-alcohol motifs (C(OH)–C–C–N with tert-alkyl or cyclic N) is 1. The summed E-state index contributed by atoms with van der Waals surface area (Å²) in [4.78, 5) is 25.8. The van der Waals surface area contributed by atoms with E-state index in [4.69, 9.17) is 9.84 Å². The molecule has 0 bridgehead atoms. The highest BCUT2D eigenvalue weighted by Crippen LogP contribution is 2.25. The summed E-state index contributed by atoms with van der Waals surface area (Å²) in [5.74, 6) is -1.30. The van der Waals surface area contributed by atoms with Gasteiger partial charge in [-0.3, -0.25) is 4.79 Å². The number of rotatable bonds is 5. The van der Waals surface area contributed by atoms with Gasteiger partial charge in [0.1, 0.15) is 11.5 Å². The van der Waals surface area contributed by atoms with Crippen molar-refractivity contribution in [3.8, 4) is 0 Å². The average Bonchev–Trinajstić information content (AvgIpc) is 2.91. The van der Waals surface area contributed by atoms with Crippen molar-refractivity contribution in [1.29, 1.82) is 0 Å². The van der Waals surface area contributed by atoms with E-state index < -0.39 is 5.97 Å². The van der Waals surface area contributed by atoms with E-state index >= 15 is 0 Å². The summed E-state index contributed by atoms with van der Waals surface area (Å²) in [6.07, 6.45) is 0. The third-order valence-electron chi connectivity index (χ3n) is 4.03. The number of benzene rings is 2. The number of methoxy groups -OCH3 is 1. The van der Waals surface area contributed by atoms with Crippen LogP contribution in [0.4, 0.5) is 10.1 Å². The fraction of sp³-hybridized carbons (Fsp3) is 0.222. The number of carbonyl (C=O) groups is 2. The second kappa shape index (κ2) is 6.90. The molecule has 1 aliphatic heterocycles. The molecule has 0 radical (unpaired) electrons. The number of nitrogens with zero attached hydrogens (tertiary/aromatic N) is 1. The number of ether oxygens (including phenoxy) is 1. The summed E-state index contributed by atoms with van der Waals surface area (Å²) in [6.45, 7) is 0.00368. The SMILES string of the molecule is COC(=O)C1=C(Nc2ccc3cc(F)ccc3c2)C(=O)N(CCO)C1. The summed E-state index contributed by atoms with van der Waals surface area (Å²) < 4.78 is 18.0. The maximum atomic E-state index is 13.3. The minimum atomic E-state index is -0.598. The van der Waals surface area contributed by atoms with Crippen molar-refractivity contribution in [2.24, 2.45) is 0 Å². The molecule has 0 atom stereocenters. The first-order chi connectivity index (χ1) is 12.0. The fourth-order valence-electron chi connectivity index (χ4n) is 2.79. The second-order valence-electron chi connectivity index (χ2n) is 5.63. The number of halogens is 1. The summed E-state index contributed by atoms with van der Waals surface area (Å²) in [5, 5.41) is 13.6. The van der Waals surface area contributed by atoms with Crippen LogP contribution in [0.5, 0.6) is 0 Å². The van der Waals surface area contributed by atoms with E-state index in [2.05, 4.69) is 5.32 Å². The van der Waals surface area contributed by atoms with Gasteiger partial charge in [0.2, 0.25) is 0 Å². The average molecular weight is 344 g/mol.